The van der Waals surface area contributed by atoms with Crippen LogP contribution in [0.2, 0.25) is 0 Å². The summed E-state index contributed by atoms with van der Waals surface area (Å²) in [5.74, 6) is 0. The SMILES string of the molecule is CS(=O)(=O)NCCc1nnc(N)s1. The third-order valence-electron chi connectivity index (χ3n) is 1.19. The molecule has 6 nitrogen and oxygen atoms in total. The minimum absolute atomic E-state index is 0.327. The number of anilines is 1. The Labute approximate surface area is 80.2 Å². The van der Waals surface area contributed by atoms with E-state index < -0.39 is 10.0 Å². The van der Waals surface area contributed by atoms with E-state index in [0.717, 1.165) is 11.3 Å². The maximum atomic E-state index is 10.7. The Kier molecular flexibility index (Phi) is 3.17. The van der Waals surface area contributed by atoms with Crippen LogP contribution in [0, 0.1) is 0 Å². The summed E-state index contributed by atoms with van der Waals surface area (Å²) in [4.78, 5) is 0. The molecular formula is C5H10N4O2S2. The van der Waals surface area contributed by atoms with E-state index in [9.17, 15) is 8.42 Å². The first-order chi connectivity index (χ1) is 5.97. The van der Waals surface area contributed by atoms with Crippen LogP contribution in [0.4, 0.5) is 5.13 Å². The van der Waals surface area contributed by atoms with Crippen LogP contribution in [-0.2, 0) is 16.4 Å². The second-order valence-electron chi connectivity index (χ2n) is 2.45. The van der Waals surface area contributed by atoms with Gasteiger partial charge in [-0.05, 0) is 0 Å². The number of aromatic nitrogens is 2. The minimum Gasteiger partial charge on any atom is -0.374 e. The zero-order chi connectivity index (χ0) is 9.90. The molecule has 0 aliphatic carbocycles. The molecule has 13 heavy (non-hydrogen) atoms. The maximum absolute atomic E-state index is 10.7. The summed E-state index contributed by atoms with van der Waals surface area (Å²) >= 11 is 1.26. The molecule has 0 bridgehead atoms. The van der Waals surface area contributed by atoms with E-state index >= 15 is 0 Å². The maximum Gasteiger partial charge on any atom is 0.208 e. The van der Waals surface area contributed by atoms with Crippen molar-refractivity contribution < 1.29 is 8.42 Å². The van der Waals surface area contributed by atoms with Crippen molar-refractivity contribution in [2.45, 2.75) is 6.42 Å². The first-order valence-electron chi connectivity index (χ1n) is 3.50. The first kappa shape index (κ1) is 10.4. The number of hydrogen-bond acceptors (Lipinski definition) is 6. The van der Waals surface area contributed by atoms with Crippen LogP contribution in [0.25, 0.3) is 0 Å². The van der Waals surface area contributed by atoms with E-state index in [1.807, 2.05) is 0 Å². The highest BCUT2D eigenvalue weighted by atomic mass is 32.2. The highest BCUT2D eigenvalue weighted by Crippen LogP contribution is 2.10. The largest absolute Gasteiger partial charge is 0.374 e. The summed E-state index contributed by atoms with van der Waals surface area (Å²) in [6, 6.07) is 0. The van der Waals surface area contributed by atoms with Gasteiger partial charge in [0.25, 0.3) is 0 Å². The Bertz CT molecular complexity index is 372. The predicted octanol–water partition coefficient (Wildman–Crippen LogP) is -0.788. The molecule has 1 rings (SSSR count). The lowest BCUT2D eigenvalue weighted by Crippen LogP contribution is -2.24. The Morgan fingerprint density at radius 1 is 1.54 bits per heavy atom. The monoisotopic (exact) mass is 222 g/mol. The van der Waals surface area contributed by atoms with Crippen LogP contribution in [0.1, 0.15) is 5.01 Å². The van der Waals surface area contributed by atoms with Crippen molar-refractivity contribution in [1.82, 2.24) is 14.9 Å². The van der Waals surface area contributed by atoms with Gasteiger partial charge in [0.05, 0.1) is 6.26 Å². The van der Waals surface area contributed by atoms with E-state index in [0.29, 0.717) is 18.1 Å². The normalized spacial score (nSPS) is 11.8. The molecule has 74 valence electrons. The van der Waals surface area contributed by atoms with E-state index in [4.69, 9.17) is 5.73 Å². The molecule has 0 aliphatic heterocycles. The molecule has 1 heterocycles. The van der Waals surface area contributed by atoms with Gasteiger partial charge in [0, 0.05) is 13.0 Å². The van der Waals surface area contributed by atoms with Crippen molar-refractivity contribution in [3.05, 3.63) is 5.01 Å². The molecule has 0 radical (unpaired) electrons. The van der Waals surface area contributed by atoms with Gasteiger partial charge in [-0.15, -0.1) is 10.2 Å². The lowest BCUT2D eigenvalue weighted by atomic mass is 10.5. The average Bonchev–Trinajstić information content (AvgIpc) is 2.33. The molecule has 0 saturated heterocycles. The molecule has 0 fully saturated rings. The van der Waals surface area contributed by atoms with Crippen molar-refractivity contribution in [2.24, 2.45) is 0 Å². The fourth-order valence-electron chi connectivity index (χ4n) is 0.711. The van der Waals surface area contributed by atoms with E-state index in [1.54, 1.807) is 0 Å². The van der Waals surface area contributed by atoms with Crippen LogP contribution in [0.15, 0.2) is 0 Å². The molecule has 0 amide bonds. The second-order valence-corrected chi connectivity index (χ2v) is 5.38. The molecular weight excluding hydrogens is 212 g/mol. The lowest BCUT2D eigenvalue weighted by molar-refractivity contribution is 0.587. The summed E-state index contributed by atoms with van der Waals surface area (Å²) in [5.41, 5.74) is 5.34. The van der Waals surface area contributed by atoms with Gasteiger partial charge in [-0.25, -0.2) is 13.1 Å². The molecule has 0 atom stereocenters. The van der Waals surface area contributed by atoms with Gasteiger partial charge in [0.2, 0.25) is 15.2 Å². The van der Waals surface area contributed by atoms with Crippen molar-refractivity contribution in [1.29, 1.82) is 0 Å². The van der Waals surface area contributed by atoms with Crippen molar-refractivity contribution in [3.63, 3.8) is 0 Å². The molecule has 0 unspecified atom stereocenters. The van der Waals surface area contributed by atoms with Crippen LogP contribution in [0.5, 0.6) is 0 Å². The Balaban J connectivity index is 2.36. The smallest absolute Gasteiger partial charge is 0.208 e. The standard InChI is InChI=1S/C5H10N4O2S2/c1-13(10,11)7-3-2-4-8-9-5(6)12-4/h7H,2-3H2,1H3,(H2,6,9). The number of hydrogen-bond donors (Lipinski definition) is 2. The summed E-state index contributed by atoms with van der Waals surface area (Å²) in [6.45, 7) is 0.327. The molecule has 0 aliphatic rings. The zero-order valence-electron chi connectivity index (χ0n) is 7.02. The Hall–Kier alpha value is -0.730. The van der Waals surface area contributed by atoms with Crippen molar-refractivity contribution in [3.8, 4) is 0 Å². The van der Waals surface area contributed by atoms with Gasteiger partial charge < -0.3 is 5.73 Å². The predicted molar refractivity (Wildman–Crippen MR) is 50.9 cm³/mol. The number of nitrogens with two attached hydrogens (primary N) is 1. The van der Waals surface area contributed by atoms with Crippen LogP contribution in [0.3, 0.4) is 0 Å². The molecule has 0 saturated carbocycles. The Morgan fingerprint density at radius 2 is 2.23 bits per heavy atom. The first-order valence-corrected chi connectivity index (χ1v) is 6.20. The number of rotatable bonds is 4. The molecule has 1 aromatic heterocycles. The van der Waals surface area contributed by atoms with Gasteiger partial charge in [-0.3, -0.25) is 0 Å². The van der Waals surface area contributed by atoms with Crippen molar-refractivity contribution >= 4 is 26.5 Å². The van der Waals surface area contributed by atoms with Gasteiger partial charge >= 0.3 is 0 Å². The summed E-state index contributed by atoms with van der Waals surface area (Å²) in [6.07, 6.45) is 1.63. The lowest BCUT2D eigenvalue weighted by Gasteiger charge is -1.97. The van der Waals surface area contributed by atoms with Gasteiger partial charge in [0.15, 0.2) is 0 Å². The quantitative estimate of drug-likeness (QED) is 0.696. The van der Waals surface area contributed by atoms with Gasteiger partial charge in [-0.1, -0.05) is 11.3 Å². The van der Waals surface area contributed by atoms with Crippen molar-refractivity contribution in [2.75, 3.05) is 18.5 Å². The number of nitrogens with one attached hydrogen (secondary N) is 1. The van der Waals surface area contributed by atoms with E-state index in [1.165, 1.54) is 11.3 Å². The van der Waals surface area contributed by atoms with E-state index in [2.05, 4.69) is 14.9 Å². The fourth-order valence-corrected chi connectivity index (χ4v) is 1.79. The number of nitrogens with zero attached hydrogens (tertiary/aromatic N) is 2. The molecule has 1 aromatic rings. The molecule has 0 spiro atoms. The van der Waals surface area contributed by atoms with E-state index in [-0.39, 0.29) is 0 Å². The van der Waals surface area contributed by atoms with Crippen LogP contribution in [-0.4, -0.2) is 31.4 Å². The van der Waals surface area contributed by atoms with Crippen LogP contribution < -0.4 is 10.5 Å². The highest BCUT2D eigenvalue weighted by Gasteiger charge is 2.03. The highest BCUT2D eigenvalue weighted by molar-refractivity contribution is 7.88. The fraction of sp³-hybridized carbons (Fsp3) is 0.600. The molecule has 8 heteroatoms. The number of sulfonamides is 1. The third kappa shape index (κ3) is 4.15. The third-order valence-corrected chi connectivity index (χ3v) is 2.73. The topological polar surface area (TPSA) is 98.0 Å². The molecule has 0 aromatic carbocycles. The second kappa shape index (κ2) is 3.99. The Morgan fingerprint density at radius 3 is 2.69 bits per heavy atom. The minimum atomic E-state index is -3.11. The zero-order valence-corrected chi connectivity index (χ0v) is 8.65. The van der Waals surface area contributed by atoms with Crippen LogP contribution >= 0.6 is 11.3 Å². The summed E-state index contributed by atoms with van der Waals surface area (Å²) in [7, 11) is -3.11. The average molecular weight is 222 g/mol. The summed E-state index contributed by atoms with van der Waals surface area (Å²) in [5, 5.41) is 8.47. The molecule has 3 N–H and O–H groups in total. The summed E-state index contributed by atoms with van der Waals surface area (Å²) < 4.78 is 23.7. The van der Waals surface area contributed by atoms with Gasteiger partial charge in [-0.2, -0.15) is 0 Å². The number of nitrogen functional groups attached to an aromatic ring is 1. The van der Waals surface area contributed by atoms with Gasteiger partial charge in [0.1, 0.15) is 5.01 Å².